The fourth-order valence-corrected chi connectivity index (χ4v) is 2.53. The predicted molar refractivity (Wildman–Crippen MR) is 83.7 cm³/mol. The highest BCUT2D eigenvalue weighted by Crippen LogP contribution is 2.29. The third kappa shape index (κ3) is 3.42. The van der Waals surface area contributed by atoms with Gasteiger partial charge < -0.3 is 10.1 Å². The maximum atomic E-state index is 12.7. The summed E-state index contributed by atoms with van der Waals surface area (Å²) in [6, 6.07) is 6.16. The normalized spacial score (nSPS) is 17.8. The summed E-state index contributed by atoms with van der Waals surface area (Å²) < 4.78 is 5.64. The minimum absolute atomic E-state index is 0.0150. The van der Waals surface area contributed by atoms with Crippen LogP contribution in [0.3, 0.4) is 0 Å². The van der Waals surface area contributed by atoms with Crippen LogP contribution in [0, 0.1) is 10.1 Å². The molecule has 0 unspecified atom stereocenters. The van der Waals surface area contributed by atoms with Crippen molar-refractivity contribution >= 4 is 17.5 Å². The number of nitrogens with zero attached hydrogens (tertiary/aromatic N) is 2. The first kappa shape index (κ1) is 16.4. The van der Waals surface area contributed by atoms with E-state index < -0.39 is 10.5 Å². The van der Waals surface area contributed by atoms with Gasteiger partial charge in [-0.15, -0.1) is 0 Å². The van der Waals surface area contributed by atoms with Crippen molar-refractivity contribution in [2.24, 2.45) is 0 Å². The van der Waals surface area contributed by atoms with Crippen LogP contribution in [0.25, 0.3) is 0 Å². The molecule has 0 radical (unpaired) electrons. The fraction of sp³-hybridized carbons (Fsp3) is 0.533. The van der Waals surface area contributed by atoms with E-state index in [1.54, 1.807) is 12.1 Å². The van der Waals surface area contributed by atoms with Gasteiger partial charge in [0.25, 0.3) is 5.69 Å². The molecule has 1 aromatic rings. The number of quaternary nitrogens is 1. The molecule has 0 spiro atoms. The van der Waals surface area contributed by atoms with E-state index in [1.807, 2.05) is 20.8 Å². The number of hydrogen-bond acceptors (Lipinski definition) is 5. The molecular weight excluding hydrogens is 286 g/mol. The Morgan fingerprint density at radius 3 is 2.23 bits per heavy atom. The lowest BCUT2D eigenvalue weighted by atomic mass is 10.1. The Kier molecular flexibility index (Phi) is 4.48. The number of nitrogens with one attached hydrogen (secondary N) is 1. The van der Waals surface area contributed by atoms with Crippen molar-refractivity contribution in [3.05, 3.63) is 34.4 Å². The van der Waals surface area contributed by atoms with Crippen molar-refractivity contribution < 1.29 is 14.5 Å². The molecule has 0 aliphatic carbocycles. The van der Waals surface area contributed by atoms with Crippen molar-refractivity contribution in [2.75, 3.05) is 26.2 Å². The first-order chi connectivity index (χ1) is 10.2. The molecule has 1 amide bonds. The summed E-state index contributed by atoms with van der Waals surface area (Å²) in [5.74, 6) is 0. The molecule has 1 aromatic carbocycles. The Labute approximate surface area is 129 Å². The summed E-state index contributed by atoms with van der Waals surface area (Å²) in [7, 11) is 0. The summed E-state index contributed by atoms with van der Waals surface area (Å²) in [5, 5.41) is 14.0. The number of rotatable bonds is 2. The van der Waals surface area contributed by atoms with E-state index in [1.165, 1.54) is 12.1 Å². The van der Waals surface area contributed by atoms with Crippen molar-refractivity contribution in [2.45, 2.75) is 26.4 Å². The molecule has 22 heavy (non-hydrogen) atoms. The van der Waals surface area contributed by atoms with Crippen molar-refractivity contribution in [1.82, 2.24) is 9.80 Å². The monoisotopic (exact) mass is 308 g/mol. The van der Waals surface area contributed by atoms with Crippen LogP contribution in [0.5, 0.6) is 0 Å². The Morgan fingerprint density at radius 2 is 1.77 bits per heavy atom. The Bertz CT molecular complexity index is 557. The van der Waals surface area contributed by atoms with Gasteiger partial charge in [0.1, 0.15) is 24.4 Å². The first-order valence-electron chi connectivity index (χ1n) is 7.31. The molecule has 0 aromatic heterocycles. The summed E-state index contributed by atoms with van der Waals surface area (Å²) in [6.07, 6.45) is -0.317. The molecule has 1 N–H and O–H groups in total. The zero-order chi connectivity index (χ0) is 16.4. The first-order valence-corrected chi connectivity index (χ1v) is 7.31. The van der Waals surface area contributed by atoms with Gasteiger partial charge in [0.2, 0.25) is 0 Å². The van der Waals surface area contributed by atoms with Crippen LogP contribution < -0.4 is 9.80 Å². The molecule has 0 saturated carbocycles. The second-order valence-electron chi connectivity index (χ2n) is 6.42. The van der Waals surface area contributed by atoms with E-state index >= 15 is 0 Å². The molecule has 0 bridgehead atoms. The van der Waals surface area contributed by atoms with Crippen LogP contribution in [0.4, 0.5) is 16.2 Å². The number of ether oxygens (including phenoxy) is 1. The van der Waals surface area contributed by atoms with Crippen LogP contribution in [-0.4, -0.2) is 42.8 Å². The Balaban J connectivity index is 2.36. The minimum atomic E-state index is -0.575. The van der Waals surface area contributed by atoms with E-state index in [0.29, 0.717) is 26.2 Å². The molecule has 2 rings (SSSR count). The molecular formula is C15H22N3O4+. The van der Waals surface area contributed by atoms with Crippen molar-refractivity contribution in [3.8, 4) is 0 Å². The van der Waals surface area contributed by atoms with Crippen LogP contribution in [0.2, 0.25) is 0 Å². The van der Waals surface area contributed by atoms with Gasteiger partial charge in [-0.2, -0.15) is 9.28 Å². The molecule has 1 aliphatic heterocycles. The smallest absolute Gasteiger partial charge is 0.414 e. The molecule has 0 atom stereocenters. The van der Waals surface area contributed by atoms with E-state index in [2.05, 4.69) is 5.32 Å². The predicted octanol–water partition coefficient (Wildman–Crippen LogP) is 2.44. The molecule has 1 saturated heterocycles. The molecule has 1 fully saturated rings. The number of nitro groups is 1. The van der Waals surface area contributed by atoms with Gasteiger partial charge in [-0.3, -0.25) is 10.1 Å². The lowest BCUT2D eigenvalue weighted by Gasteiger charge is -2.38. The van der Waals surface area contributed by atoms with E-state index in [4.69, 9.17) is 4.74 Å². The lowest BCUT2D eigenvalue weighted by molar-refractivity contribution is -0.384. The maximum absolute atomic E-state index is 12.7. The molecule has 1 heterocycles. The van der Waals surface area contributed by atoms with Gasteiger partial charge in [-0.1, -0.05) is 0 Å². The minimum Gasteiger partial charge on any atom is -0.414 e. The number of piperazine rings is 1. The van der Waals surface area contributed by atoms with E-state index in [9.17, 15) is 14.9 Å². The number of benzene rings is 1. The number of non-ortho nitro benzene ring substituents is 1. The summed E-state index contributed by atoms with van der Waals surface area (Å²) >= 11 is 0. The van der Waals surface area contributed by atoms with Crippen LogP contribution in [-0.2, 0) is 4.74 Å². The molecule has 120 valence electrons. The third-order valence-electron chi connectivity index (χ3n) is 3.64. The summed E-state index contributed by atoms with van der Waals surface area (Å²) in [6.45, 7) is 8.00. The Morgan fingerprint density at radius 1 is 1.23 bits per heavy atom. The van der Waals surface area contributed by atoms with Gasteiger partial charge in [0.15, 0.2) is 0 Å². The topological polar surface area (TPSA) is 81.5 Å². The SMILES string of the molecule is CC(C)(C)OC(=O)[N+]1(c2ccc([N+](=O)[O-])cc2)CCNCC1. The van der Waals surface area contributed by atoms with Gasteiger partial charge in [0, 0.05) is 37.4 Å². The fourth-order valence-electron chi connectivity index (χ4n) is 2.53. The third-order valence-corrected chi connectivity index (χ3v) is 3.64. The molecule has 1 aliphatic rings. The van der Waals surface area contributed by atoms with E-state index in [0.717, 1.165) is 5.69 Å². The summed E-state index contributed by atoms with van der Waals surface area (Å²) in [5.41, 5.74) is 0.163. The largest absolute Gasteiger partial charge is 0.521 e. The van der Waals surface area contributed by atoms with Crippen molar-refractivity contribution in [3.63, 3.8) is 0 Å². The van der Waals surface area contributed by atoms with Crippen molar-refractivity contribution in [1.29, 1.82) is 0 Å². The summed E-state index contributed by atoms with van der Waals surface area (Å²) in [4.78, 5) is 23.1. The average Bonchev–Trinajstić information content (AvgIpc) is 2.46. The maximum Gasteiger partial charge on any atom is 0.521 e. The highest BCUT2D eigenvalue weighted by Gasteiger charge is 2.44. The zero-order valence-electron chi connectivity index (χ0n) is 13.2. The van der Waals surface area contributed by atoms with Gasteiger partial charge in [0.05, 0.1) is 4.92 Å². The zero-order valence-corrected chi connectivity index (χ0v) is 13.2. The van der Waals surface area contributed by atoms with Gasteiger partial charge in [-0.25, -0.2) is 0 Å². The lowest BCUT2D eigenvalue weighted by Crippen LogP contribution is -2.64. The number of hydrogen-bond donors (Lipinski definition) is 1. The number of nitro benzene ring substituents is 1. The van der Waals surface area contributed by atoms with Gasteiger partial charge in [-0.05, 0) is 20.8 Å². The highest BCUT2D eigenvalue weighted by atomic mass is 16.6. The second kappa shape index (κ2) is 6.02. The number of amides is 1. The molecule has 7 heteroatoms. The molecule has 7 nitrogen and oxygen atoms in total. The second-order valence-corrected chi connectivity index (χ2v) is 6.42. The highest BCUT2D eigenvalue weighted by molar-refractivity contribution is 5.83. The van der Waals surface area contributed by atoms with Gasteiger partial charge >= 0.3 is 6.09 Å². The van der Waals surface area contributed by atoms with Crippen LogP contribution in [0.1, 0.15) is 20.8 Å². The van der Waals surface area contributed by atoms with E-state index in [-0.39, 0.29) is 16.3 Å². The van der Waals surface area contributed by atoms with Crippen LogP contribution in [0.15, 0.2) is 24.3 Å². The average molecular weight is 308 g/mol. The standard InChI is InChI=1S/C15H22N3O4/c1-15(2,3)22-14(19)18(10-8-16-9-11-18)13-6-4-12(5-7-13)17(20)21/h4-7,16H,8-11H2,1-3H3/q+1. The number of carbonyl (C=O) groups excluding carboxylic acids is 1. The quantitative estimate of drug-likeness (QED) is 0.515. The van der Waals surface area contributed by atoms with Crippen LogP contribution >= 0.6 is 0 Å². The number of carbonyl (C=O) groups is 1. The Hall–Kier alpha value is -1.99.